The number of H-pyrrole nitrogens is 1. The van der Waals surface area contributed by atoms with Gasteiger partial charge in [-0.2, -0.15) is 0 Å². The van der Waals surface area contributed by atoms with E-state index in [1.165, 1.54) is 33.5 Å². The summed E-state index contributed by atoms with van der Waals surface area (Å²) in [4.78, 5) is 27.7. The third-order valence-electron chi connectivity index (χ3n) is 4.54. The molecule has 2 amide bonds. The molecule has 29 heavy (non-hydrogen) atoms. The number of aromatic amines is 1. The molecule has 152 valence electrons. The number of aryl methyl sites for hydroxylation is 1. The largest absolute Gasteiger partial charge is 0.493 e. The van der Waals surface area contributed by atoms with Crippen molar-refractivity contribution >= 4 is 22.7 Å². The lowest BCUT2D eigenvalue weighted by Gasteiger charge is -2.14. The zero-order valence-electron chi connectivity index (χ0n) is 16.5. The molecule has 0 atom stereocenters. The summed E-state index contributed by atoms with van der Waals surface area (Å²) in [7, 11) is 4.41. The Bertz CT molecular complexity index is 1000. The molecule has 0 saturated heterocycles. The van der Waals surface area contributed by atoms with E-state index in [-0.39, 0.29) is 17.9 Å². The van der Waals surface area contributed by atoms with Crippen LogP contribution in [-0.4, -0.2) is 38.1 Å². The van der Waals surface area contributed by atoms with Crippen molar-refractivity contribution in [2.75, 3.05) is 21.3 Å². The van der Waals surface area contributed by atoms with Gasteiger partial charge in [-0.15, -0.1) is 0 Å². The summed E-state index contributed by atoms with van der Waals surface area (Å²) in [5.74, 6) is 0.292. The highest BCUT2D eigenvalue weighted by Crippen LogP contribution is 2.38. The lowest BCUT2D eigenvalue weighted by molar-refractivity contribution is -0.121. The summed E-state index contributed by atoms with van der Waals surface area (Å²) in [5, 5.41) is 1.08. The number of ether oxygens (including phenoxy) is 3. The lowest BCUT2D eigenvalue weighted by Crippen LogP contribution is -2.41. The van der Waals surface area contributed by atoms with Crippen molar-refractivity contribution in [3.63, 3.8) is 0 Å². The SMILES string of the molecule is COc1cc(C(=O)NNC(=O)CCc2c[nH]c3ccccc23)cc(OC)c1OC. The van der Waals surface area contributed by atoms with Crippen LogP contribution in [0.5, 0.6) is 17.2 Å². The molecule has 3 rings (SSSR count). The van der Waals surface area contributed by atoms with Crippen LogP contribution in [0.25, 0.3) is 10.9 Å². The van der Waals surface area contributed by atoms with E-state index in [0.29, 0.717) is 23.7 Å². The van der Waals surface area contributed by atoms with E-state index in [4.69, 9.17) is 14.2 Å². The molecule has 3 N–H and O–H groups in total. The van der Waals surface area contributed by atoms with Gasteiger partial charge in [0.25, 0.3) is 5.91 Å². The molecule has 0 fully saturated rings. The van der Waals surface area contributed by atoms with E-state index in [1.54, 1.807) is 0 Å². The van der Waals surface area contributed by atoms with Gasteiger partial charge in [-0.25, -0.2) is 0 Å². The molecule has 0 aliphatic rings. The van der Waals surface area contributed by atoms with Crippen LogP contribution in [0.15, 0.2) is 42.6 Å². The zero-order valence-corrected chi connectivity index (χ0v) is 16.5. The van der Waals surface area contributed by atoms with Crippen LogP contribution in [0, 0.1) is 0 Å². The van der Waals surface area contributed by atoms with Crippen molar-refractivity contribution in [1.29, 1.82) is 0 Å². The fourth-order valence-corrected chi connectivity index (χ4v) is 3.06. The first-order valence-corrected chi connectivity index (χ1v) is 9.01. The van der Waals surface area contributed by atoms with Gasteiger partial charge in [0.1, 0.15) is 0 Å². The Kier molecular flexibility index (Phi) is 6.23. The quantitative estimate of drug-likeness (QED) is 0.532. The number of hydrazine groups is 1. The summed E-state index contributed by atoms with van der Waals surface area (Å²) in [6.07, 6.45) is 2.68. The number of benzene rings is 2. The number of amides is 2. The maximum Gasteiger partial charge on any atom is 0.269 e. The summed E-state index contributed by atoms with van der Waals surface area (Å²) in [6.45, 7) is 0. The number of rotatable bonds is 7. The minimum Gasteiger partial charge on any atom is -0.493 e. The second kappa shape index (κ2) is 9.01. The topological polar surface area (TPSA) is 102 Å². The Morgan fingerprint density at radius 2 is 1.66 bits per heavy atom. The Hall–Kier alpha value is -3.68. The molecular weight excluding hydrogens is 374 g/mol. The Morgan fingerprint density at radius 1 is 0.966 bits per heavy atom. The lowest BCUT2D eigenvalue weighted by atomic mass is 10.1. The smallest absolute Gasteiger partial charge is 0.269 e. The number of carbonyl (C=O) groups excluding carboxylic acids is 2. The van der Waals surface area contributed by atoms with Crippen molar-refractivity contribution in [2.24, 2.45) is 0 Å². The Morgan fingerprint density at radius 3 is 2.31 bits per heavy atom. The Labute approximate surface area is 168 Å². The summed E-state index contributed by atoms with van der Waals surface area (Å²) >= 11 is 0. The third kappa shape index (κ3) is 4.43. The molecule has 3 aromatic rings. The molecule has 8 nitrogen and oxygen atoms in total. The number of hydrogen-bond acceptors (Lipinski definition) is 5. The van der Waals surface area contributed by atoms with E-state index in [1.807, 2.05) is 30.5 Å². The van der Waals surface area contributed by atoms with Crippen LogP contribution < -0.4 is 25.1 Å². The van der Waals surface area contributed by atoms with Gasteiger partial charge in [-0.3, -0.25) is 20.4 Å². The highest BCUT2D eigenvalue weighted by atomic mass is 16.5. The van der Waals surface area contributed by atoms with Gasteiger partial charge in [0.15, 0.2) is 11.5 Å². The summed E-state index contributed by atoms with van der Waals surface area (Å²) in [5.41, 5.74) is 7.18. The minimum absolute atomic E-state index is 0.234. The molecule has 0 bridgehead atoms. The number of nitrogens with one attached hydrogen (secondary N) is 3. The van der Waals surface area contributed by atoms with Gasteiger partial charge in [0.05, 0.1) is 21.3 Å². The molecule has 0 spiro atoms. The molecule has 0 aliphatic heterocycles. The number of para-hydroxylation sites is 1. The number of methoxy groups -OCH3 is 3. The second-order valence-electron chi connectivity index (χ2n) is 6.28. The van der Waals surface area contributed by atoms with Crippen LogP contribution in [0.4, 0.5) is 0 Å². The van der Waals surface area contributed by atoms with Gasteiger partial charge in [-0.05, 0) is 30.2 Å². The number of hydrogen-bond donors (Lipinski definition) is 3. The van der Waals surface area contributed by atoms with Crippen LogP contribution in [0.1, 0.15) is 22.3 Å². The van der Waals surface area contributed by atoms with E-state index in [0.717, 1.165) is 16.5 Å². The number of fused-ring (bicyclic) bond motifs is 1. The van der Waals surface area contributed by atoms with Gasteiger partial charge in [-0.1, -0.05) is 18.2 Å². The molecule has 0 saturated carbocycles. The molecule has 1 heterocycles. The van der Waals surface area contributed by atoms with Crippen molar-refractivity contribution in [1.82, 2.24) is 15.8 Å². The standard InChI is InChI=1S/C21H23N3O5/c1-27-17-10-14(11-18(28-2)20(17)29-3)21(26)24-23-19(25)9-8-13-12-22-16-7-5-4-6-15(13)16/h4-7,10-12,22H,8-9H2,1-3H3,(H,23,25)(H,24,26). The first-order valence-electron chi connectivity index (χ1n) is 9.01. The summed E-state index contributed by atoms with van der Waals surface area (Å²) < 4.78 is 15.7. The molecule has 0 radical (unpaired) electrons. The molecule has 2 aromatic carbocycles. The third-order valence-corrected chi connectivity index (χ3v) is 4.54. The summed E-state index contributed by atoms with van der Waals surface area (Å²) in [6, 6.07) is 10.9. The van der Waals surface area contributed by atoms with E-state index < -0.39 is 5.91 Å². The van der Waals surface area contributed by atoms with Gasteiger partial charge < -0.3 is 19.2 Å². The van der Waals surface area contributed by atoms with Crippen LogP contribution in [0.2, 0.25) is 0 Å². The first kappa shape index (κ1) is 20.1. The number of carbonyl (C=O) groups is 2. The minimum atomic E-state index is -0.496. The average Bonchev–Trinajstić information content (AvgIpc) is 3.17. The zero-order chi connectivity index (χ0) is 20.8. The van der Waals surface area contributed by atoms with Crippen molar-refractivity contribution in [3.8, 4) is 17.2 Å². The molecular formula is C21H23N3O5. The van der Waals surface area contributed by atoms with Gasteiger partial charge in [0, 0.05) is 29.1 Å². The van der Waals surface area contributed by atoms with E-state index in [2.05, 4.69) is 15.8 Å². The fourth-order valence-electron chi connectivity index (χ4n) is 3.06. The second-order valence-corrected chi connectivity index (χ2v) is 6.28. The van der Waals surface area contributed by atoms with Crippen molar-refractivity contribution in [2.45, 2.75) is 12.8 Å². The van der Waals surface area contributed by atoms with E-state index in [9.17, 15) is 9.59 Å². The molecule has 0 unspecified atom stereocenters. The van der Waals surface area contributed by atoms with Crippen LogP contribution in [-0.2, 0) is 11.2 Å². The molecule has 8 heteroatoms. The fraction of sp³-hybridized carbons (Fsp3) is 0.238. The van der Waals surface area contributed by atoms with Crippen molar-refractivity contribution in [3.05, 3.63) is 53.7 Å². The highest BCUT2D eigenvalue weighted by molar-refractivity contribution is 5.96. The van der Waals surface area contributed by atoms with E-state index >= 15 is 0 Å². The van der Waals surface area contributed by atoms with Gasteiger partial charge in [0.2, 0.25) is 11.7 Å². The monoisotopic (exact) mass is 397 g/mol. The maximum atomic E-state index is 12.4. The Balaban J connectivity index is 1.59. The predicted octanol–water partition coefficient (Wildman–Crippen LogP) is 2.59. The van der Waals surface area contributed by atoms with Gasteiger partial charge >= 0.3 is 0 Å². The molecule has 1 aromatic heterocycles. The normalized spacial score (nSPS) is 10.4. The average molecular weight is 397 g/mol. The van der Waals surface area contributed by atoms with Crippen LogP contribution in [0.3, 0.4) is 0 Å². The van der Waals surface area contributed by atoms with Crippen LogP contribution >= 0.6 is 0 Å². The highest BCUT2D eigenvalue weighted by Gasteiger charge is 2.17. The number of aromatic nitrogens is 1. The molecule has 0 aliphatic carbocycles. The van der Waals surface area contributed by atoms with Crippen molar-refractivity contribution < 1.29 is 23.8 Å². The first-order chi connectivity index (χ1) is 14.1. The predicted molar refractivity (Wildman–Crippen MR) is 108 cm³/mol. The maximum absolute atomic E-state index is 12.4.